The molecule has 2 saturated carbocycles. The first-order chi connectivity index (χ1) is 19.5. The number of rotatable bonds is 6. The van der Waals surface area contributed by atoms with Gasteiger partial charge in [-0.2, -0.15) is 0 Å². The third kappa shape index (κ3) is 6.73. The summed E-state index contributed by atoms with van der Waals surface area (Å²) in [6, 6.07) is 16.5. The summed E-state index contributed by atoms with van der Waals surface area (Å²) in [5, 5.41) is 24.5. The third-order valence-electron chi connectivity index (χ3n) is 11.1. The van der Waals surface area contributed by atoms with Crippen LogP contribution in [0.3, 0.4) is 0 Å². The van der Waals surface area contributed by atoms with E-state index in [4.69, 9.17) is 0 Å². The summed E-state index contributed by atoms with van der Waals surface area (Å²) < 4.78 is 0. The van der Waals surface area contributed by atoms with Crippen molar-refractivity contribution >= 4 is 10.8 Å². The molecule has 2 aliphatic carbocycles. The van der Waals surface area contributed by atoms with Gasteiger partial charge < -0.3 is 15.2 Å². The minimum absolute atomic E-state index is 0. The Morgan fingerprint density at radius 1 is 0.905 bits per heavy atom. The Hall–Kier alpha value is -1.58. The van der Waals surface area contributed by atoms with Crippen molar-refractivity contribution in [3.05, 3.63) is 65.4 Å². The number of aryl methyl sites for hydroxylation is 2. The van der Waals surface area contributed by atoms with Gasteiger partial charge in [-0.15, -0.1) is 34.9 Å². The summed E-state index contributed by atoms with van der Waals surface area (Å²) >= 11 is 0. The topological polar surface area (TPSA) is 53.4 Å². The normalized spacial score (nSPS) is 24.4. The Kier molecular flexibility index (Phi) is 12.0. The molecule has 4 atom stereocenters. The van der Waals surface area contributed by atoms with Crippen molar-refractivity contribution in [3.63, 3.8) is 0 Å². The molecule has 233 valence electrons. The standard InChI is InChI=1S/C20H20N.C18H34O2.Ir/c1-13(2)16-5-6-19-17(12-16)7-8-21-20(19)18-10-14(3)9-15(4)11-18;1-5-17(6-2)11-9-10-13-12-18(7-3,8-4)16(20)14(13)15(17)19;/h5-10,12-13H,1-4H3;13-16,19-20H,5-12H2,1-4H3;/q-1;;. The predicted molar refractivity (Wildman–Crippen MR) is 173 cm³/mol. The molecule has 2 aromatic carbocycles. The van der Waals surface area contributed by atoms with E-state index in [2.05, 4.69) is 103 Å². The van der Waals surface area contributed by atoms with Crippen LogP contribution in [0.5, 0.6) is 0 Å². The Bertz CT molecular complexity index is 1290. The average Bonchev–Trinajstić information content (AvgIpc) is 3.17. The largest absolute Gasteiger partial charge is 0.392 e. The van der Waals surface area contributed by atoms with Crippen LogP contribution in [0.1, 0.15) is 116 Å². The minimum atomic E-state index is -0.319. The summed E-state index contributed by atoms with van der Waals surface area (Å²) in [5.74, 6) is 1.18. The van der Waals surface area contributed by atoms with Gasteiger partial charge in [-0.1, -0.05) is 80.0 Å². The molecular formula is C38H54IrNO2-. The van der Waals surface area contributed by atoms with Crippen LogP contribution in [0.4, 0.5) is 0 Å². The van der Waals surface area contributed by atoms with E-state index in [1.54, 1.807) is 0 Å². The van der Waals surface area contributed by atoms with Crippen LogP contribution in [-0.4, -0.2) is 27.4 Å². The van der Waals surface area contributed by atoms with Crippen LogP contribution in [0.2, 0.25) is 0 Å². The van der Waals surface area contributed by atoms with Gasteiger partial charge in [0.05, 0.1) is 12.2 Å². The number of aromatic nitrogens is 1. The molecule has 1 radical (unpaired) electrons. The molecule has 42 heavy (non-hydrogen) atoms. The van der Waals surface area contributed by atoms with Gasteiger partial charge in [-0.05, 0) is 95.7 Å². The Labute approximate surface area is 269 Å². The molecule has 3 nitrogen and oxygen atoms in total. The first kappa shape index (κ1) is 34.9. The maximum absolute atomic E-state index is 11.1. The fourth-order valence-electron chi connectivity index (χ4n) is 8.21. The molecule has 2 fully saturated rings. The first-order valence-electron chi connectivity index (χ1n) is 16.3. The summed E-state index contributed by atoms with van der Waals surface area (Å²) in [5.41, 5.74) is 5.97. The van der Waals surface area contributed by atoms with E-state index in [1.807, 2.05) is 6.20 Å². The molecule has 2 aliphatic rings. The van der Waals surface area contributed by atoms with E-state index in [-0.39, 0.29) is 49.1 Å². The number of nitrogens with zero attached hydrogens (tertiary/aromatic N) is 1. The van der Waals surface area contributed by atoms with Gasteiger partial charge in [0.15, 0.2) is 0 Å². The second-order valence-electron chi connectivity index (χ2n) is 13.5. The summed E-state index contributed by atoms with van der Waals surface area (Å²) in [7, 11) is 0. The number of benzene rings is 2. The monoisotopic (exact) mass is 749 g/mol. The van der Waals surface area contributed by atoms with E-state index >= 15 is 0 Å². The predicted octanol–water partition coefficient (Wildman–Crippen LogP) is 9.58. The quantitative estimate of drug-likeness (QED) is 0.247. The molecule has 0 spiro atoms. The number of hydrogen-bond acceptors (Lipinski definition) is 3. The third-order valence-corrected chi connectivity index (χ3v) is 11.1. The first-order valence-corrected chi connectivity index (χ1v) is 16.3. The van der Waals surface area contributed by atoms with E-state index in [1.165, 1.54) is 34.7 Å². The second-order valence-corrected chi connectivity index (χ2v) is 13.5. The van der Waals surface area contributed by atoms with Gasteiger partial charge in [-0.3, -0.25) is 0 Å². The summed E-state index contributed by atoms with van der Waals surface area (Å²) in [6.07, 6.45) is 10.1. The van der Waals surface area contributed by atoms with Gasteiger partial charge >= 0.3 is 0 Å². The maximum atomic E-state index is 11.1. The molecule has 0 amide bonds. The Morgan fingerprint density at radius 3 is 2.14 bits per heavy atom. The van der Waals surface area contributed by atoms with Crippen LogP contribution >= 0.6 is 0 Å². The van der Waals surface area contributed by atoms with Crippen LogP contribution in [0, 0.1) is 42.6 Å². The Balaban J connectivity index is 0.000000225. The molecule has 4 unspecified atom stereocenters. The van der Waals surface area contributed by atoms with Crippen molar-refractivity contribution in [2.75, 3.05) is 0 Å². The molecule has 5 rings (SSSR count). The molecule has 1 aromatic heterocycles. The van der Waals surface area contributed by atoms with E-state index < -0.39 is 0 Å². The summed E-state index contributed by atoms with van der Waals surface area (Å²) in [6.45, 7) is 17.5. The average molecular weight is 749 g/mol. The van der Waals surface area contributed by atoms with Crippen molar-refractivity contribution in [1.29, 1.82) is 0 Å². The molecule has 3 aromatic rings. The minimum Gasteiger partial charge on any atom is -0.392 e. The van der Waals surface area contributed by atoms with Crippen molar-refractivity contribution in [1.82, 2.24) is 4.98 Å². The molecule has 2 N–H and O–H groups in total. The van der Waals surface area contributed by atoms with Gasteiger partial charge in [-0.25, -0.2) is 0 Å². The van der Waals surface area contributed by atoms with Crippen LogP contribution in [-0.2, 0) is 20.1 Å². The van der Waals surface area contributed by atoms with Crippen LogP contribution < -0.4 is 0 Å². The molecule has 4 heteroatoms. The Morgan fingerprint density at radius 2 is 1.55 bits per heavy atom. The van der Waals surface area contributed by atoms with Gasteiger partial charge in [0.25, 0.3) is 0 Å². The van der Waals surface area contributed by atoms with Gasteiger partial charge in [0, 0.05) is 32.2 Å². The zero-order valence-corrected chi connectivity index (χ0v) is 29.7. The van der Waals surface area contributed by atoms with Crippen LogP contribution in [0.15, 0.2) is 42.6 Å². The SMILES string of the molecule is CCC1(CC)CCCC2CC(CC)(CC)C(O)C2C1O.Cc1[c-]c(-c2nccc3cc(C(C)C)ccc23)cc(C)c1.[Ir]. The fourth-order valence-corrected chi connectivity index (χ4v) is 8.21. The van der Waals surface area contributed by atoms with Gasteiger partial charge in [0.2, 0.25) is 0 Å². The van der Waals surface area contributed by atoms with E-state index in [0.29, 0.717) is 11.8 Å². The smallest absolute Gasteiger partial charge is 0.0651 e. The zero-order valence-electron chi connectivity index (χ0n) is 27.3. The van der Waals surface area contributed by atoms with Crippen molar-refractivity contribution in [2.45, 2.75) is 125 Å². The van der Waals surface area contributed by atoms with Crippen molar-refractivity contribution < 1.29 is 30.3 Å². The second kappa shape index (κ2) is 14.5. The molecule has 0 bridgehead atoms. The van der Waals surface area contributed by atoms with Crippen molar-refractivity contribution in [3.8, 4) is 11.3 Å². The number of aliphatic hydroxyl groups is 2. The molecule has 0 aliphatic heterocycles. The van der Waals surface area contributed by atoms with Gasteiger partial charge in [0.1, 0.15) is 0 Å². The maximum Gasteiger partial charge on any atom is 0.0651 e. The van der Waals surface area contributed by atoms with E-state index in [9.17, 15) is 10.2 Å². The molecular weight excluding hydrogens is 695 g/mol. The van der Waals surface area contributed by atoms with E-state index in [0.717, 1.165) is 55.3 Å². The number of aliphatic hydroxyl groups excluding tert-OH is 2. The number of hydrogen-bond donors (Lipinski definition) is 2. The summed E-state index contributed by atoms with van der Waals surface area (Å²) in [4.78, 5) is 4.60. The van der Waals surface area contributed by atoms with Crippen molar-refractivity contribution in [2.24, 2.45) is 22.7 Å². The number of pyridine rings is 1. The number of fused-ring (bicyclic) bond motifs is 2. The molecule has 0 saturated heterocycles. The van der Waals surface area contributed by atoms with Crippen LogP contribution in [0.25, 0.3) is 22.0 Å². The fraction of sp³-hybridized carbons (Fsp3) is 0.605. The molecule has 1 heterocycles. The zero-order chi connectivity index (χ0) is 29.9.